The van der Waals surface area contributed by atoms with Crippen molar-refractivity contribution < 1.29 is 23.9 Å². The maximum absolute atomic E-state index is 12.0. The van der Waals surface area contributed by atoms with E-state index in [1.54, 1.807) is 18.2 Å². The molecule has 22 heavy (non-hydrogen) atoms. The van der Waals surface area contributed by atoms with Crippen LogP contribution in [0.3, 0.4) is 0 Å². The van der Waals surface area contributed by atoms with Crippen molar-refractivity contribution in [1.82, 2.24) is 0 Å². The number of ether oxygens (including phenoxy) is 2. The second kappa shape index (κ2) is 6.60. The van der Waals surface area contributed by atoms with Gasteiger partial charge in [0.15, 0.2) is 12.4 Å². The molecule has 0 fully saturated rings. The number of esters is 1. The predicted octanol–water partition coefficient (Wildman–Crippen LogP) is 1.81. The van der Waals surface area contributed by atoms with Gasteiger partial charge in [-0.15, -0.1) is 0 Å². The molecule has 0 saturated heterocycles. The van der Waals surface area contributed by atoms with E-state index in [4.69, 9.17) is 9.47 Å². The Hall–Kier alpha value is -2.37. The zero-order valence-corrected chi connectivity index (χ0v) is 12.9. The molecule has 0 saturated carbocycles. The zero-order valence-electron chi connectivity index (χ0n) is 12.9. The van der Waals surface area contributed by atoms with Crippen LogP contribution < -0.4 is 9.64 Å². The number of anilines is 1. The standard InChI is InChI=1S/C16H19NO5/c1-10(2)8-22-16(20)7-17-13-6-12(11(3)18)4-5-14(13)21-9-15(17)19/h4-6,10H,7-9H2,1-3H3. The Kier molecular flexibility index (Phi) is 4.80. The maximum atomic E-state index is 12.0. The number of carbonyl (C=O) groups is 3. The molecule has 0 spiro atoms. The van der Waals surface area contributed by atoms with E-state index < -0.39 is 5.97 Å². The summed E-state index contributed by atoms with van der Waals surface area (Å²) in [7, 11) is 0. The fraction of sp³-hybridized carbons (Fsp3) is 0.438. The number of carbonyl (C=O) groups excluding carboxylic acids is 3. The highest BCUT2D eigenvalue weighted by Gasteiger charge is 2.28. The molecule has 1 aliphatic heterocycles. The second-order valence-electron chi connectivity index (χ2n) is 5.58. The molecule has 1 aromatic carbocycles. The number of rotatable bonds is 5. The van der Waals surface area contributed by atoms with Crippen molar-refractivity contribution in [3.63, 3.8) is 0 Å². The van der Waals surface area contributed by atoms with Crippen molar-refractivity contribution in [2.24, 2.45) is 5.92 Å². The number of ketones is 1. The third-order valence-electron chi connectivity index (χ3n) is 3.17. The van der Waals surface area contributed by atoms with Crippen LogP contribution >= 0.6 is 0 Å². The first kappa shape index (κ1) is 16.0. The monoisotopic (exact) mass is 305 g/mol. The van der Waals surface area contributed by atoms with Crippen molar-refractivity contribution in [2.75, 3.05) is 24.7 Å². The van der Waals surface area contributed by atoms with Gasteiger partial charge in [-0.2, -0.15) is 0 Å². The van der Waals surface area contributed by atoms with Gasteiger partial charge in [0.05, 0.1) is 12.3 Å². The number of Topliss-reactive ketones (excluding diaryl/α,β-unsaturated/α-hetero) is 1. The first-order valence-corrected chi connectivity index (χ1v) is 7.12. The lowest BCUT2D eigenvalue weighted by atomic mass is 10.1. The molecule has 6 heteroatoms. The Morgan fingerprint density at radius 2 is 2.09 bits per heavy atom. The molecular weight excluding hydrogens is 286 g/mol. The average molecular weight is 305 g/mol. The highest BCUT2D eigenvalue weighted by atomic mass is 16.5. The van der Waals surface area contributed by atoms with Gasteiger partial charge in [0.2, 0.25) is 0 Å². The van der Waals surface area contributed by atoms with Gasteiger partial charge in [0.25, 0.3) is 5.91 Å². The highest BCUT2D eigenvalue weighted by Crippen LogP contribution is 2.33. The van der Waals surface area contributed by atoms with Gasteiger partial charge in [-0.25, -0.2) is 0 Å². The number of hydrogen-bond acceptors (Lipinski definition) is 5. The summed E-state index contributed by atoms with van der Waals surface area (Å²) in [6.45, 7) is 5.28. The first-order chi connectivity index (χ1) is 10.4. The molecule has 0 aliphatic carbocycles. The van der Waals surface area contributed by atoms with Gasteiger partial charge in [0, 0.05) is 5.56 Å². The second-order valence-corrected chi connectivity index (χ2v) is 5.58. The summed E-state index contributed by atoms with van der Waals surface area (Å²) in [5.41, 5.74) is 0.878. The SMILES string of the molecule is CC(=O)c1ccc2c(c1)N(CC(=O)OCC(C)C)C(=O)CO2. The molecular formula is C16H19NO5. The number of amides is 1. The third-order valence-corrected chi connectivity index (χ3v) is 3.17. The summed E-state index contributed by atoms with van der Waals surface area (Å²) < 4.78 is 10.4. The van der Waals surface area contributed by atoms with Gasteiger partial charge >= 0.3 is 5.97 Å². The average Bonchev–Trinajstić information content (AvgIpc) is 2.47. The van der Waals surface area contributed by atoms with Crippen LogP contribution in [0.4, 0.5) is 5.69 Å². The van der Waals surface area contributed by atoms with Crippen LogP contribution in [-0.4, -0.2) is 37.4 Å². The van der Waals surface area contributed by atoms with E-state index in [1.165, 1.54) is 11.8 Å². The molecule has 1 amide bonds. The summed E-state index contributed by atoms with van der Waals surface area (Å²) in [5, 5.41) is 0. The molecule has 0 atom stereocenters. The number of nitrogens with zero attached hydrogens (tertiary/aromatic N) is 1. The largest absolute Gasteiger partial charge is 0.482 e. The highest BCUT2D eigenvalue weighted by molar-refractivity contribution is 6.03. The van der Waals surface area contributed by atoms with Gasteiger partial charge in [0.1, 0.15) is 12.3 Å². The smallest absolute Gasteiger partial charge is 0.326 e. The van der Waals surface area contributed by atoms with Crippen LogP contribution in [-0.2, 0) is 14.3 Å². The molecule has 118 valence electrons. The minimum Gasteiger partial charge on any atom is -0.482 e. The Balaban J connectivity index is 2.21. The minimum atomic E-state index is -0.483. The van der Waals surface area contributed by atoms with Gasteiger partial charge in [-0.3, -0.25) is 19.3 Å². The van der Waals surface area contributed by atoms with Crippen molar-refractivity contribution in [3.8, 4) is 5.75 Å². The van der Waals surface area contributed by atoms with Gasteiger partial charge in [-0.1, -0.05) is 13.8 Å². The Labute approximate surface area is 129 Å². The zero-order chi connectivity index (χ0) is 16.3. The van der Waals surface area contributed by atoms with Crippen molar-refractivity contribution >= 4 is 23.3 Å². The summed E-state index contributed by atoms with van der Waals surface area (Å²) in [6, 6.07) is 4.82. The summed E-state index contributed by atoms with van der Waals surface area (Å²) in [4.78, 5) is 36.7. The Morgan fingerprint density at radius 3 is 2.73 bits per heavy atom. The van der Waals surface area contributed by atoms with E-state index in [0.29, 0.717) is 23.6 Å². The molecule has 6 nitrogen and oxygen atoms in total. The lowest BCUT2D eigenvalue weighted by Gasteiger charge is -2.29. The number of hydrogen-bond donors (Lipinski definition) is 0. The summed E-state index contributed by atoms with van der Waals surface area (Å²) in [5.74, 6) is -0.247. The van der Waals surface area contributed by atoms with E-state index in [9.17, 15) is 14.4 Å². The molecule has 1 aliphatic rings. The van der Waals surface area contributed by atoms with Gasteiger partial charge in [-0.05, 0) is 31.0 Å². The van der Waals surface area contributed by atoms with Crippen LogP contribution in [0.1, 0.15) is 31.1 Å². The van der Waals surface area contributed by atoms with E-state index >= 15 is 0 Å². The van der Waals surface area contributed by atoms with Crippen molar-refractivity contribution in [2.45, 2.75) is 20.8 Å². The molecule has 1 aromatic rings. The molecule has 2 rings (SSSR count). The molecule has 0 unspecified atom stereocenters. The van der Waals surface area contributed by atoms with Crippen molar-refractivity contribution in [1.29, 1.82) is 0 Å². The first-order valence-electron chi connectivity index (χ1n) is 7.12. The van der Waals surface area contributed by atoms with Gasteiger partial charge < -0.3 is 9.47 Å². The maximum Gasteiger partial charge on any atom is 0.326 e. The van der Waals surface area contributed by atoms with Crippen LogP contribution in [0.25, 0.3) is 0 Å². The lowest BCUT2D eigenvalue weighted by Crippen LogP contribution is -2.42. The van der Waals surface area contributed by atoms with E-state index in [-0.39, 0.29) is 30.8 Å². The van der Waals surface area contributed by atoms with Crippen molar-refractivity contribution in [3.05, 3.63) is 23.8 Å². The fourth-order valence-corrected chi connectivity index (χ4v) is 2.03. The fourth-order valence-electron chi connectivity index (χ4n) is 2.03. The molecule has 0 bridgehead atoms. The normalized spacial score (nSPS) is 13.6. The molecule has 0 aromatic heterocycles. The summed E-state index contributed by atoms with van der Waals surface area (Å²) in [6.07, 6.45) is 0. The minimum absolute atomic E-state index is 0.122. The number of benzene rings is 1. The van der Waals surface area contributed by atoms with Crippen LogP contribution in [0.15, 0.2) is 18.2 Å². The molecule has 0 radical (unpaired) electrons. The topological polar surface area (TPSA) is 72.9 Å². The van der Waals surface area contributed by atoms with Crippen LogP contribution in [0.2, 0.25) is 0 Å². The Morgan fingerprint density at radius 1 is 1.36 bits per heavy atom. The van der Waals surface area contributed by atoms with Crippen LogP contribution in [0.5, 0.6) is 5.75 Å². The quantitative estimate of drug-likeness (QED) is 0.613. The molecule has 1 heterocycles. The van der Waals surface area contributed by atoms with E-state index in [2.05, 4.69) is 0 Å². The lowest BCUT2D eigenvalue weighted by molar-refractivity contribution is -0.144. The third kappa shape index (κ3) is 3.63. The van der Waals surface area contributed by atoms with E-state index in [1.807, 2.05) is 13.8 Å². The summed E-state index contributed by atoms with van der Waals surface area (Å²) >= 11 is 0. The Bertz CT molecular complexity index is 609. The number of fused-ring (bicyclic) bond motifs is 1. The van der Waals surface area contributed by atoms with Crippen LogP contribution in [0, 0.1) is 5.92 Å². The predicted molar refractivity (Wildman–Crippen MR) is 80.1 cm³/mol. The van der Waals surface area contributed by atoms with E-state index in [0.717, 1.165) is 0 Å². The molecule has 0 N–H and O–H groups in total.